The van der Waals surface area contributed by atoms with Gasteiger partial charge >= 0.3 is 0 Å². The number of thiocarbonyl (C=S) groups is 2. The van der Waals surface area contributed by atoms with Crippen molar-refractivity contribution in [1.29, 1.82) is 0 Å². The fourth-order valence-corrected chi connectivity index (χ4v) is 8.18. The average molecular weight is 790 g/mol. The van der Waals surface area contributed by atoms with E-state index < -0.39 is 0 Å². The molecule has 2 heterocycles. The summed E-state index contributed by atoms with van der Waals surface area (Å²) in [6.45, 7) is 4.13. The van der Waals surface area contributed by atoms with Gasteiger partial charge in [-0.05, 0) is 109 Å². The summed E-state index contributed by atoms with van der Waals surface area (Å²) < 4.78 is 1.18. The van der Waals surface area contributed by atoms with Crippen molar-refractivity contribution in [3.05, 3.63) is 174 Å². The lowest BCUT2D eigenvalue weighted by Crippen LogP contribution is -2.01. The van der Waals surface area contributed by atoms with E-state index in [9.17, 15) is 0 Å². The number of nitrogens with one attached hydrogen (secondary N) is 3. The van der Waals surface area contributed by atoms with Crippen molar-refractivity contribution in [3.8, 4) is 0 Å². The highest BCUT2D eigenvalue weighted by molar-refractivity contribution is 7.81. The number of hydrogen-bond donors (Lipinski definition) is 3. The van der Waals surface area contributed by atoms with Gasteiger partial charge in [-0.25, -0.2) is 0 Å². The van der Waals surface area contributed by atoms with Gasteiger partial charge in [-0.3, -0.25) is 0 Å². The normalized spacial score (nSPS) is 10.8. The smallest absolute Gasteiger partial charge is 0.103 e. The SMILES string of the molecule is Cc1ccccc1Nc1ccc(C(=S)c2cc(Cl)sc2Cl)c(Cl)c1.Cc1ccccc1Nc1ccc(C(=S)c2ccc3[nH]ccc3c2)c(Cl)c1. The Morgan fingerprint density at radius 1 is 0.600 bits per heavy atom. The molecule has 0 radical (unpaired) electrons. The highest BCUT2D eigenvalue weighted by Crippen LogP contribution is 2.35. The van der Waals surface area contributed by atoms with Crippen LogP contribution in [-0.4, -0.2) is 14.7 Å². The highest BCUT2D eigenvalue weighted by Gasteiger charge is 2.16. The van der Waals surface area contributed by atoms with Gasteiger partial charge < -0.3 is 15.6 Å². The summed E-state index contributed by atoms with van der Waals surface area (Å²) >= 11 is 37.7. The maximum absolute atomic E-state index is 6.54. The number of thiophene rings is 1. The molecule has 0 unspecified atom stereocenters. The predicted octanol–water partition coefficient (Wildman–Crippen LogP) is 14.2. The Bertz CT molecular complexity index is 2360. The molecule has 50 heavy (non-hydrogen) atoms. The highest BCUT2D eigenvalue weighted by atomic mass is 35.5. The molecule has 0 amide bonds. The fraction of sp³-hybridized carbons (Fsp3) is 0.0500. The second-order valence-corrected chi connectivity index (χ2v) is 15.4. The molecule has 7 aromatic rings. The molecule has 0 saturated carbocycles. The number of aromatic nitrogens is 1. The lowest BCUT2D eigenvalue weighted by molar-refractivity contribution is 1.43. The number of aryl methyl sites for hydroxylation is 2. The van der Waals surface area contributed by atoms with Gasteiger partial charge in [-0.1, -0.05) is 113 Å². The van der Waals surface area contributed by atoms with Gasteiger partial charge in [-0.2, -0.15) is 0 Å². The van der Waals surface area contributed by atoms with E-state index in [0.717, 1.165) is 66.3 Å². The summed E-state index contributed by atoms with van der Waals surface area (Å²) in [5.41, 5.74) is 10.7. The molecular formula is C40H29Cl4N3S3. The Labute approximate surface area is 326 Å². The molecule has 0 bridgehead atoms. The van der Waals surface area contributed by atoms with E-state index >= 15 is 0 Å². The van der Waals surface area contributed by atoms with Gasteiger partial charge in [-0.15, -0.1) is 11.3 Å². The number of anilines is 4. The topological polar surface area (TPSA) is 39.8 Å². The minimum absolute atomic E-state index is 0.567. The number of H-pyrrole nitrogens is 1. The third-order valence-electron chi connectivity index (χ3n) is 7.99. The molecule has 0 spiro atoms. The van der Waals surface area contributed by atoms with Gasteiger partial charge in [0.1, 0.15) is 4.34 Å². The molecule has 7 rings (SSSR count). The lowest BCUT2D eigenvalue weighted by atomic mass is 10.0. The molecule has 10 heteroatoms. The van der Waals surface area contributed by atoms with E-state index in [1.807, 2.05) is 97.2 Å². The van der Waals surface area contributed by atoms with Crippen LogP contribution in [0.4, 0.5) is 22.7 Å². The number of hydrogen-bond acceptors (Lipinski definition) is 5. The standard InChI is InChI=1S/C22H17ClN2S.C18H12Cl3NS2/c1-14-4-2-3-5-20(14)25-17-7-8-18(19(23)13-17)22(26)16-6-9-21-15(12-16)10-11-24-21;1-10-4-2-3-5-15(10)22-11-6-7-12(14(19)8-11)17(23)13-9-16(20)24-18(13)21/h2-13,24-25H,1H3;2-9,22H,1H3. The first-order valence-corrected chi connectivity index (χ1v) is 18.6. The van der Waals surface area contributed by atoms with Crippen LogP contribution in [0.5, 0.6) is 0 Å². The predicted molar refractivity (Wildman–Crippen MR) is 226 cm³/mol. The Morgan fingerprint density at radius 2 is 1.16 bits per heavy atom. The maximum Gasteiger partial charge on any atom is 0.103 e. The third-order valence-corrected chi connectivity index (χ3v) is 11.0. The third kappa shape index (κ3) is 8.42. The van der Waals surface area contributed by atoms with Crippen molar-refractivity contribution in [1.82, 2.24) is 4.98 Å². The zero-order chi connectivity index (χ0) is 35.4. The van der Waals surface area contributed by atoms with E-state index in [1.54, 1.807) is 6.07 Å². The van der Waals surface area contributed by atoms with Crippen molar-refractivity contribution in [2.24, 2.45) is 0 Å². The van der Waals surface area contributed by atoms with Crippen molar-refractivity contribution in [2.75, 3.05) is 10.6 Å². The molecule has 0 aliphatic rings. The number of benzene rings is 5. The van der Waals surface area contributed by atoms with E-state index in [4.69, 9.17) is 70.8 Å². The van der Waals surface area contributed by atoms with Crippen LogP contribution >= 0.6 is 82.2 Å². The van der Waals surface area contributed by atoms with E-state index in [-0.39, 0.29) is 0 Å². The summed E-state index contributed by atoms with van der Waals surface area (Å²) in [4.78, 5) is 4.54. The molecule has 0 fully saturated rings. The van der Waals surface area contributed by atoms with Gasteiger partial charge in [0, 0.05) is 51.2 Å². The van der Waals surface area contributed by atoms with E-state index in [1.165, 1.54) is 16.9 Å². The van der Waals surface area contributed by atoms with Crippen LogP contribution in [0.3, 0.4) is 0 Å². The van der Waals surface area contributed by atoms with Crippen molar-refractivity contribution < 1.29 is 0 Å². The Hall–Kier alpha value is -3.72. The van der Waals surface area contributed by atoms with E-state index in [0.29, 0.717) is 23.6 Å². The quantitative estimate of drug-likeness (QED) is 0.106. The van der Waals surface area contributed by atoms with Crippen LogP contribution in [0.25, 0.3) is 10.9 Å². The molecule has 0 aliphatic heterocycles. The first kappa shape index (κ1) is 36.1. The van der Waals surface area contributed by atoms with Gasteiger partial charge in [0.15, 0.2) is 0 Å². The van der Waals surface area contributed by atoms with Crippen molar-refractivity contribution in [2.45, 2.75) is 13.8 Å². The Balaban J connectivity index is 0.000000174. The summed E-state index contributed by atoms with van der Waals surface area (Å²) in [5, 5.41) is 9.12. The monoisotopic (exact) mass is 787 g/mol. The molecule has 0 aliphatic carbocycles. The number of para-hydroxylation sites is 2. The van der Waals surface area contributed by atoms with E-state index in [2.05, 4.69) is 47.7 Å². The number of rotatable bonds is 8. The molecule has 0 saturated heterocycles. The lowest BCUT2D eigenvalue weighted by Gasteiger charge is -2.12. The molecule has 0 atom stereocenters. The molecule has 3 nitrogen and oxygen atoms in total. The number of fused-ring (bicyclic) bond motifs is 1. The largest absolute Gasteiger partial charge is 0.361 e. The van der Waals surface area contributed by atoms with Crippen LogP contribution in [0.1, 0.15) is 33.4 Å². The first-order chi connectivity index (χ1) is 24.1. The zero-order valence-electron chi connectivity index (χ0n) is 26.8. The zero-order valence-corrected chi connectivity index (χ0v) is 32.3. The Morgan fingerprint density at radius 3 is 1.68 bits per heavy atom. The summed E-state index contributed by atoms with van der Waals surface area (Å²) in [5.74, 6) is 0. The molecular weight excluding hydrogens is 760 g/mol. The van der Waals surface area contributed by atoms with Gasteiger partial charge in [0.05, 0.1) is 24.1 Å². The second-order valence-electron chi connectivity index (χ2n) is 11.4. The molecule has 3 N–H and O–H groups in total. The van der Waals surface area contributed by atoms with Crippen LogP contribution in [0.15, 0.2) is 121 Å². The number of aromatic amines is 1. The van der Waals surface area contributed by atoms with Gasteiger partial charge in [0.25, 0.3) is 0 Å². The molecule has 250 valence electrons. The van der Waals surface area contributed by atoms with Gasteiger partial charge in [0.2, 0.25) is 0 Å². The second kappa shape index (κ2) is 16.1. The van der Waals surface area contributed by atoms with Crippen molar-refractivity contribution >= 4 is 126 Å². The molecule has 5 aromatic carbocycles. The summed E-state index contributed by atoms with van der Waals surface area (Å²) in [6, 6.07) is 37.8. The van der Waals surface area contributed by atoms with Crippen molar-refractivity contribution in [3.63, 3.8) is 0 Å². The van der Waals surface area contributed by atoms with Crippen LogP contribution in [0.2, 0.25) is 18.7 Å². The average Bonchev–Trinajstić information content (AvgIpc) is 3.71. The summed E-state index contributed by atoms with van der Waals surface area (Å²) in [7, 11) is 0. The first-order valence-electron chi connectivity index (χ1n) is 15.4. The van der Waals surface area contributed by atoms with Crippen LogP contribution < -0.4 is 10.6 Å². The number of halogens is 4. The Kier molecular flexibility index (Phi) is 11.6. The van der Waals surface area contributed by atoms with Crippen LogP contribution in [-0.2, 0) is 0 Å². The summed E-state index contributed by atoms with van der Waals surface area (Å²) in [6.07, 6.45) is 1.93. The minimum Gasteiger partial charge on any atom is -0.361 e. The molecule has 2 aromatic heterocycles. The van der Waals surface area contributed by atoms with Crippen LogP contribution in [0, 0.1) is 13.8 Å². The fourth-order valence-electron chi connectivity index (χ4n) is 5.28. The minimum atomic E-state index is 0.567. The maximum atomic E-state index is 6.54.